The second-order valence-corrected chi connectivity index (χ2v) is 8.37. The number of fused-ring (bicyclic) bond motifs is 1. The molecule has 152 valence electrons. The smallest absolute Gasteiger partial charge is 0.134 e. The summed E-state index contributed by atoms with van der Waals surface area (Å²) in [7, 11) is 0. The van der Waals surface area contributed by atoms with E-state index in [4.69, 9.17) is 4.98 Å². The monoisotopic (exact) mass is 382 g/mol. The quantitative estimate of drug-likeness (QED) is 0.861. The standard InChI is InChI=1S/C23H34N4O/c1-3-9-25-10-7-21(8-11-25)26-12-14-27(15-13-26)23-20(17-28)16-19-6-4-5-18(2)22(19)24-23/h4-6,16,21,28H,3,7-15,17H2,1-2H3. The number of rotatable bonds is 5. The van der Waals surface area contributed by atoms with Crippen molar-refractivity contribution in [3.05, 3.63) is 35.4 Å². The van der Waals surface area contributed by atoms with Crippen LogP contribution in [0.2, 0.25) is 0 Å². The van der Waals surface area contributed by atoms with E-state index in [0.29, 0.717) is 0 Å². The number of aromatic nitrogens is 1. The molecule has 5 heteroatoms. The number of pyridine rings is 1. The van der Waals surface area contributed by atoms with Gasteiger partial charge in [-0.3, -0.25) is 4.90 Å². The second-order valence-electron chi connectivity index (χ2n) is 8.37. The number of aryl methyl sites for hydroxylation is 1. The van der Waals surface area contributed by atoms with E-state index in [-0.39, 0.29) is 6.61 Å². The molecule has 2 saturated heterocycles. The molecule has 2 aromatic rings. The van der Waals surface area contributed by atoms with Gasteiger partial charge in [0, 0.05) is 43.2 Å². The van der Waals surface area contributed by atoms with Crippen LogP contribution in [0.1, 0.15) is 37.3 Å². The third-order valence-corrected chi connectivity index (χ3v) is 6.50. The van der Waals surface area contributed by atoms with Crippen LogP contribution in [0.5, 0.6) is 0 Å². The normalized spacial score (nSPS) is 20.2. The lowest BCUT2D eigenvalue weighted by Crippen LogP contribution is -2.53. The van der Waals surface area contributed by atoms with Gasteiger partial charge in [-0.05, 0) is 57.5 Å². The summed E-state index contributed by atoms with van der Waals surface area (Å²) in [5.41, 5.74) is 3.19. The first-order chi connectivity index (χ1) is 13.7. The van der Waals surface area contributed by atoms with E-state index in [1.165, 1.54) is 44.5 Å². The van der Waals surface area contributed by atoms with Crippen molar-refractivity contribution >= 4 is 16.7 Å². The highest BCUT2D eigenvalue weighted by Crippen LogP contribution is 2.27. The molecular formula is C23H34N4O. The van der Waals surface area contributed by atoms with Crippen LogP contribution < -0.4 is 4.90 Å². The maximum absolute atomic E-state index is 9.92. The number of piperazine rings is 1. The number of hydrogen-bond acceptors (Lipinski definition) is 5. The van der Waals surface area contributed by atoms with E-state index in [1.807, 2.05) is 0 Å². The van der Waals surface area contributed by atoms with Crippen LogP contribution in [0.4, 0.5) is 5.82 Å². The van der Waals surface area contributed by atoms with Gasteiger partial charge in [0.05, 0.1) is 12.1 Å². The predicted octanol–water partition coefficient (Wildman–Crippen LogP) is 3.03. The van der Waals surface area contributed by atoms with E-state index < -0.39 is 0 Å². The zero-order chi connectivity index (χ0) is 19.5. The lowest BCUT2D eigenvalue weighted by atomic mass is 10.0. The minimum Gasteiger partial charge on any atom is -0.392 e. The van der Waals surface area contributed by atoms with E-state index in [2.05, 4.69) is 52.8 Å². The molecule has 0 aliphatic carbocycles. The maximum atomic E-state index is 9.92. The molecule has 3 heterocycles. The lowest BCUT2D eigenvalue weighted by molar-refractivity contribution is 0.103. The molecule has 0 amide bonds. The molecule has 0 spiro atoms. The Balaban J connectivity index is 1.43. The van der Waals surface area contributed by atoms with Crippen LogP contribution in [0.15, 0.2) is 24.3 Å². The van der Waals surface area contributed by atoms with Crippen LogP contribution >= 0.6 is 0 Å². The Kier molecular flexibility index (Phi) is 6.14. The first-order valence-electron chi connectivity index (χ1n) is 10.9. The lowest BCUT2D eigenvalue weighted by Gasteiger charge is -2.43. The first-order valence-corrected chi connectivity index (χ1v) is 10.9. The number of piperidine rings is 1. The number of benzene rings is 1. The number of para-hydroxylation sites is 1. The van der Waals surface area contributed by atoms with E-state index in [1.54, 1.807) is 0 Å². The van der Waals surface area contributed by atoms with Gasteiger partial charge in [-0.1, -0.05) is 25.1 Å². The highest BCUT2D eigenvalue weighted by Gasteiger charge is 2.28. The molecule has 0 atom stereocenters. The van der Waals surface area contributed by atoms with Crippen molar-refractivity contribution in [3.63, 3.8) is 0 Å². The van der Waals surface area contributed by atoms with Gasteiger partial charge in [-0.25, -0.2) is 4.98 Å². The molecule has 2 aliphatic rings. The summed E-state index contributed by atoms with van der Waals surface area (Å²) in [6.07, 6.45) is 3.86. The zero-order valence-electron chi connectivity index (χ0n) is 17.4. The van der Waals surface area contributed by atoms with Crippen LogP contribution in [0.3, 0.4) is 0 Å². The number of likely N-dealkylation sites (tertiary alicyclic amines) is 1. The summed E-state index contributed by atoms with van der Waals surface area (Å²) < 4.78 is 0. The Hall–Kier alpha value is -1.69. The molecule has 2 aliphatic heterocycles. The largest absolute Gasteiger partial charge is 0.392 e. The molecule has 0 radical (unpaired) electrons. The van der Waals surface area contributed by atoms with Gasteiger partial charge in [0.25, 0.3) is 0 Å². The fourth-order valence-electron chi connectivity index (χ4n) is 4.89. The van der Waals surface area contributed by atoms with Gasteiger partial charge in [-0.15, -0.1) is 0 Å². The van der Waals surface area contributed by atoms with Crippen LogP contribution in [-0.2, 0) is 6.61 Å². The summed E-state index contributed by atoms with van der Waals surface area (Å²) in [5, 5.41) is 11.0. The SMILES string of the molecule is CCCN1CCC(N2CCN(c3nc4c(C)cccc4cc3CO)CC2)CC1. The fourth-order valence-corrected chi connectivity index (χ4v) is 4.89. The molecular weight excluding hydrogens is 348 g/mol. The highest BCUT2D eigenvalue weighted by molar-refractivity contribution is 5.84. The third-order valence-electron chi connectivity index (χ3n) is 6.50. The topological polar surface area (TPSA) is 42.8 Å². The number of aliphatic hydroxyl groups excluding tert-OH is 1. The molecule has 0 unspecified atom stereocenters. The summed E-state index contributed by atoms with van der Waals surface area (Å²) >= 11 is 0. The molecule has 28 heavy (non-hydrogen) atoms. The van der Waals surface area contributed by atoms with Gasteiger partial charge in [0.15, 0.2) is 0 Å². The number of hydrogen-bond donors (Lipinski definition) is 1. The van der Waals surface area contributed by atoms with E-state index in [9.17, 15) is 5.11 Å². The summed E-state index contributed by atoms with van der Waals surface area (Å²) in [4.78, 5) is 12.7. The Labute approximate surface area is 169 Å². The Bertz CT molecular complexity index is 793. The van der Waals surface area contributed by atoms with Gasteiger partial charge in [-0.2, -0.15) is 0 Å². The molecule has 0 saturated carbocycles. The summed E-state index contributed by atoms with van der Waals surface area (Å²) in [6.45, 7) is 12.3. The average Bonchev–Trinajstić information content (AvgIpc) is 2.74. The van der Waals surface area contributed by atoms with Gasteiger partial charge < -0.3 is 14.9 Å². The van der Waals surface area contributed by atoms with Crippen molar-refractivity contribution in [2.45, 2.75) is 45.8 Å². The van der Waals surface area contributed by atoms with Crippen LogP contribution in [0, 0.1) is 6.92 Å². The Morgan fingerprint density at radius 1 is 1.07 bits per heavy atom. The second kappa shape index (κ2) is 8.76. The fraction of sp³-hybridized carbons (Fsp3) is 0.609. The van der Waals surface area contributed by atoms with E-state index in [0.717, 1.165) is 54.5 Å². The van der Waals surface area contributed by atoms with Crippen molar-refractivity contribution in [2.75, 3.05) is 50.7 Å². The van der Waals surface area contributed by atoms with Crippen molar-refractivity contribution in [2.24, 2.45) is 0 Å². The summed E-state index contributed by atoms with van der Waals surface area (Å²) in [6, 6.07) is 9.10. The predicted molar refractivity (Wildman–Crippen MR) is 116 cm³/mol. The number of anilines is 1. The zero-order valence-corrected chi connectivity index (χ0v) is 17.4. The van der Waals surface area contributed by atoms with Crippen LogP contribution in [0.25, 0.3) is 10.9 Å². The molecule has 5 nitrogen and oxygen atoms in total. The molecule has 4 rings (SSSR count). The molecule has 1 aromatic carbocycles. The van der Waals surface area contributed by atoms with Crippen molar-refractivity contribution in [1.82, 2.24) is 14.8 Å². The van der Waals surface area contributed by atoms with Crippen molar-refractivity contribution in [3.8, 4) is 0 Å². The first kappa shape index (κ1) is 19.6. The van der Waals surface area contributed by atoms with Crippen LogP contribution in [-0.4, -0.2) is 71.7 Å². The molecule has 1 N–H and O–H groups in total. The summed E-state index contributed by atoms with van der Waals surface area (Å²) in [5.74, 6) is 0.974. The number of nitrogens with zero attached hydrogens (tertiary/aromatic N) is 4. The van der Waals surface area contributed by atoms with Crippen molar-refractivity contribution in [1.29, 1.82) is 0 Å². The van der Waals surface area contributed by atoms with Gasteiger partial charge >= 0.3 is 0 Å². The Morgan fingerprint density at radius 2 is 1.82 bits per heavy atom. The maximum Gasteiger partial charge on any atom is 0.134 e. The minimum absolute atomic E-state index is 0.0440. The number of aliphatic hydroxyl groups is 1. The Morgan fingerprint density at radius 3 is 2.50 bits per heavy atom. The molecule has 2 fully saturated rings. The molecule has 1 aromatic heterocycles. The highest BCUT2D eigenvalue weighted by atomic mass is 16.3. The average molecular weight is 383 g/mol. The minimum atomic E-state index is 0.0440. The molecule has 0 bridgehead atoms. The van der Waals surface area contributed by atoms with Crippen molar-refractivity contribution < 1.29 is 5.11 Å². The third kappa shape index (κ3) is 4.02. The van der Waals surface area contributed by atoms with Gasteiger partial charge in [0.2, 0.25) is 0 Å². The van der Waals surface area contributed by atoms with E-state index >= 15 is 0 Å². The van der Waals surface area contributed by atoms with Gasteiger partial charge in [0.1, 0.15) is 5.82 Å².